The summed E-state index contributed by atoms with van der Waals surface area (Å²) in [7, 11) is 0. The fourth-order valence-corrected chi connectivity index (χ4v) is 2.48. The minimum absolute atomic E-state index is 0.0681. The number of aryl methyl sites for hydroxylation is 1. The van der Waals surface area contributed by atoms with Gasteiger partial charge in [-0.25, -0.2) is 9.59 Å². The molecule has 27 heavy (non-hydrogen) atoms. The molecule has 150 valence electrons. The predicted molar refractivity (Wildman–Crippen MR) is 102 cm³/mol. The summed E-state index contributed by atoms with van der Waals surface area (Å²) in [5.41, 5.74) is -0.520. The normalized spacial score (nSPS) is 12.8. The third-order valence-corrected chi connectivity index (χ3v) is 3.64. The molecule has 1 aromatic carbocycles. The maximum atomic E-state index is 12.3. The molecule has 1 aromatic rings. The number of rotatable bonds is 8. The highest BCUT2D eigenvalue weighted by molar-refractivity contribution is 5.84. The number of hydrogen-bond donors (Lipinski definition) is 3. The molecular formula is C20H30N2O5. The van der Waals surface area contributed by atoms with Gasteiger partial charge in [0.15, 0.2) is 0 Å². The Morgan fingerprint density at radius 1 is 1.07 bits per heavy atom. The van der Waals surface area contributed by atoms with Crippen LogP contribution in [0.5, 0.6) is 0 Å². The number of alkyl carbamates (subject to hydrolysis) is 1. The number of carboxylic acid groups (broad SMARTS) is 1. The average molecular weight is 378 g/mol. The molecule has 0 bridgehead atoms. The first-order chi connectivity index (χ1) is 12.4. The highest BCUT2D eigenvalue weighted by Crippen LogP contribution is 2.13. The minimum atomic E-state index is -1.09. The molecule has 0 aliphatic heterocycles. The van der Waals surface area contributed by atoms with Gasteiger partial charge in [-0.15, -0.1) is 0 Å². The molecule has 0 aromatic heterocycles. The molecule has 7 heteroatoms. The molecule has 0 radical (unpaired) electrons. The molecule has 0 saturated carbocycles. The molecular weight excluding hydrogens is 348 g/mol. The minimum Gasteiger partial charge on any atom is -0.480 e. The summed E-state index contributed by atoms with van der Waals surface area (Å²) in [5, 5.41) is 14.5. The van der Waals surface area contributed by atoms with Gasteiger partial charge in [-0.1, -0.05) is 30.3 Å². The van der Waals surface area contributed by atoms with Crippen LogP contribution in [-0.2, 0) is 20.7 Å². The van der Waals surface area contributed by atoms with Crippen molar-refractivity contribution in [2.45, 2.75) is 71.1 Å². The molecule has 0 saturated heterocycles. The predicted octanol–water partition coefficient (Wildman–Crippen LogP) is 2.88. The topological polar surface area (TPSA) is 105 Å². The maximum Gasteiger partial charge on any atom is 0.408 e. The summed E-state index contributed by atoms with van der Waals surface area (Å²) in [6.07, 6.45) is 0.128. The Balaban J connectivity index is 2.57. The fourth-order valence-electron chi connectivity index (χ4n) is 2.48. The second-order valence-electron chi connectivity index (χ2n) is 8.17. The number of hydrogen-bond acceptors (Lipinski definition) is 4. The van der Waals surface area contributed by atoms with Crippen LogP contribution < -0.4 is 10.6 Å². The van der Waals surface area contributed by atoms with Crippen LogP contribution in [0.25, 0.3) is 0 Å². The standard InChI is InChI=1S/C20H30N2O5/c1-19(2,3)27-18(26)22-20(4,5)13-16(23)21-15(17(24)25)12-11-14-9-7-6-8-10-14/h6-10,15H,11-13H2,1-5H3,(H,21,23)(H,22,26)(H,24,25). The van der Waals surface area contributed by atoms with E-state index in [0.717, 1.165) is 5.56 Å². The van der Waals surface area contributed by atoms with Crippen molar-refractivity contribution in [3.05, 3.63) is 35.9 Å². The average Bonchev–Trinajstić information content (AvgIpc) is 2.48. The molecule has 0 aliphatic rings. The molecule has 3 N–H and O–H groups in total. The van der Waals surface area contributed by atoms with E-state index < -0.39 is 35.2 Å². The van der Waals surface area contributed by atoms with E-state index in [1.807, 2.05) is 30.3 Å². The van der Waals surface area contributed by atoms with E-state index in [0.29, 0.717) is 6.42 Å². The van der Waals surface area contributed by atoms with Crippen LogP contribution in [0, 0.1) is 0 Å². The van der Waals surface area contributed by atoms with Crippen LogP contribution in [0.15, 0.2) is 30.3 Å². The molecule has 1 unspecified atom stereocenters. The Morgan fingerprint density at radius 3 is 2.19 bits per heavy atom. The van der Waals surface area contributed by atoms with Crippen molar-refractivity contribution < 1.29 is 24.2 Å². The Bertz CT molecular complexity index is 650. The summed E-state index contributed by atoms with van der Waals surface area (Å²) in [6, 6.07) is 8.49. The van der Waals surface area contributed by atoms with Gasteiger partial charge in [-0.3, -0.25) is 4.79 Å². The van der Waals surface area contributed by atoms with Crippen molar-refractivity contribution >= 4 is 18.0 Å². The van der Waals surface area contributed by atoms with Crippen molar-refractivity contribution in [2.24, 2.45) is 0 Å². The SMILES string of the molecule is CC(C)(CC(=O)NC(CCc1ccccc1)C(=O)O)NC(=O)OC(C)(C)C. The quantitative estimate of drug-likeness (QED) is 0.645. The summed E-state index contributed by atoms with van der Waals surface area (Å²) >= 11 is 0. The zero-order chi connectivity index (χ0) is 20.7. The lowest BCUT2D eigenvalue weighted by Crippen LogP contribution is -2.50. The van der Waals surface area contributed by atoms with Crippen LogP contribution in [0.1, 0.15) is 53.0 Å². The lowest BCUT2D eigenvalue weighted by atomic mass is 9.99. The Kier molecular flexibility index (Phi) is 7.82. The third-order valence-electron chi connectivity index (χ3n) is 3.64. The summed E-state index contributed by atoms with van der Waals surface area (Å²) in [6.45, 7) is 8.59. The van der Waals surface area contributed by atoms with Gasteiger partial charge in [0.1, 0.15) is 11.6 Å². The maximum absolute atomic E-state index is 12.3. The first-order valence-corrected chi connectivity index (χ1v) is 8.95. The Labute approximate surface area is 160 Å². The van der Waals surface area contributed by atoms with Crippen molar-refractivity contribution in [1.82, 2.24) is 10.6 Å². The number of amides is 2. The number of ether oxygens (including phenoxy) is 1. The van der Waals surface area contributed by atoms with E-state index in [1.165, 1.54) is 0 Å². The first-order valence-electron chi connectivity index (χ1n) is 8.95. The van der Waals surface area contributed by atoms with Crippen molar-refractivity contribution in [3.8, 4) is 0 Å². The number of carboxylic acids is 1. The van der Waals surface area contributed by atoms with Gasteiger partial charge >= 0.3 is 12.1 Å². The number of nitrogens with one attached hydrogen (secondary N) is 2. The van der Waals surface area contributed by atoms with E-state index in [4.69, 9.17) is 4.74 Å². The lowest BCUT2D eigenvalue weighted by molar-refractivity contribution is -0.142. The molecule has 0 heterocycles. The number of carbonyl (C=O) groups excluding carboxylic acids is 2. The number of benzene rings is 1. The van der Waals surface area contributed by atoms with Crippen LogP contribution in [0.3, 0.4) is 0 Å². The molecule has 1 rings (SSSR count). The smallest absolute Gasteiger partial charge is 0.408 e. The van der Waals surface area contributed by atoms with Crippen molar-refractivity contribution in [1.29, 1.82) is 0 Å². The highest BCUT2D eigenvalue weighted by atomic mass is 16.6. The monoisotopic (exact) mass is 378 g/mol. The van der Waals surface area contributed by atoms with Crippen molar-refractivity contribution in [3.63, 3.8) is 0 Å². The van der Waals surface area contributed by atoms with Crippen LogP contribution in [0.4, 0.5) is 4.79 Å². The highest BCUT2D eigenvalue weighted by Gasteiger charge is 2.29. The largest absolute Gasteiger partial charge is 0.480 e. The van der Waals surface area contributed by atoms with Crippen LogP contribution >= 0.6 is 0 Å². The van der Waals surface area contributed by atoms with Gasteiger partial charge in [-0.2, -0.15) is 0 Å². The van der Waals surface area contributed by atoms with Crippen LogP contribution in [-0.4, -0.2) is 40.3 Å². The Hall–Kier alpha value is -2.57. The second kappa shape index (κ2) is 9.39. The summed E-state index contributed by atoms with van der Waals surface area (Å²) in [5.74, 6) is -1.53. The van der Waals surface area contributed by atoms with Crippen molar-refractivity contribution in [2.75, 3.05) is 0 Å². The Morgan fingerprint density at radius 2 is 1.67 bits per heavy atom. The van der Waals surface area contributed by atoms with Gasteiger partial charge in [0, 0.05) is 12.0 Å². The molecule has 0 aliphatic carbocycles. The molecule has 7 nitrogen and oxygen atoms in total. The summed E-state index contributed by atoms with van der Waals surface area (Å²) in [4.78, 5) is 35.6. The molecule has 0 spiro atoms. The van der Waals surface area contributed by atoms with E-state index in [2.05, 4.69) is 10.6 Å². The molecule has 1 atom stereocenters. The number of aliphatic carboxylic acids is 1. The zero-order valence-electron chi connectivity index (χ0n) is 16.7. The van der Waals surface area contributed by atoms with E-state index in [1.54, 1.807) is 34.6 Å². The third kappa shape index (κ3) is 9.63. The number of carbonyl (C=O) groups is 3. The summed E-state index contributed by atoms with van der Waals surface area (Å²) < 4.78 is 5.19. The molecule has 2 amide bonds. The van der Waals surface area contributed by atoms with Gasteiger partial charge in [0.2, 0.25) is 5.91 Å². The van der Waals surface area contributed by atoms with Crippen LogP contribution in [0.2, 0.25) is 0 Å². The van der Waals surface area contributed by atoms with Gasteiger partial charge in [-0.05, 0) is 53.0 Å². The van der Waals surface area contributed by atoms with Gasteiger partial charge in [0.05, 0.1) is 0 Å². The van der Waals surface area contributed by atoms with Gasteiger partial charge < -0.3 is 20.5 Å². The first kappa shape index (κ1) is 22.5. The van der Waals surface area contributed by atoms with E-state index in [9.17, 15) is 19.5 Å². The molecule has 0 fully saturated rings. The van der Waals surface area contributed by atoms with E-state index >= 15 is 0 Å². The van der Waals surface area contributed by atoms with Gasteiger partial charge in [0.25, 0.3) is 0 Å². The zero-order valence-corrected chi connectivity index (χ0v) is 16.7. The van der Waals surface area contributed by atoms with E-state index in [-0.39, 0.29) is 12.8 Å². The fraction of sp³-hybridized carbons (Fsp3) is 0.550. The lowest BCUT2D eigenvalue weighted by Gasteiger charge is -2.28. The second-order valence-corrected chi connectivity index (χ2v) is 8.17.